The first-order valence-corrected chi connectivity index (χ1v) is 8.21. The lowest BCUT2D eigenvalue weighted by Crippen LogP contribution is -2.28. The van der Waals surface area contributed by atoms with Gasteiger partial charge in [0.25, 0.3) is 11.5 Å². The van der Waals surface area contributed by atoms with Crippen molar-refractivity contribution in [3.05, 3.63) is 47.1 Å². The molecule has 152 valence electrons. The number of benzene rings is 1. The van der Waals surface area contributed by atoms with Gasteiger partial charge < -0.3 is 14.8 Å². The maximum absolute atomic E-state index is 12.3. The van der Waals surface area contributed by atoms with E-state index < -0.39 is 37.2 Å². The first-order valence-electron chi connectivity index (χ1n) is 8.21. The van der Waals surface area contributed by atoms with Crippen LogP contribution in [0.15, 0.2) is 41.6 Å². The molecule has 0 bridgehead atoms. The van der Waals surface area contributed by atoms with E-state index in [2.05, 4.69) is 20.1 Å². The van der Waals surface area contributed by atoms with Crippen molar-refractivity contribution in [1.29, 1.82) is 0 Å². The fourth-order valence-corrected chi connectivity index (χ4v) is 2.43. The number of ether oxygens (including phenoxy) is 2. The molecule has 0 atom stereocenters. The average molecular weight is 407 g/mol. The van der Waals surface area contributed by atoms with E-state index in [0.717, 1.165) is 4.57 Å². The van der Waals surface area contributed by atoms with Gasteiger partial charge in [-0.3, -0.25) is 23.6 Å². The van der Waals surface area contributed by atoms with Crippen molar-refractivity contribution in [3.8, 4) is 5.75 Å². The molecular formula is C17H15F2N5O5. The number of aromatic nitrogens is 4. The lowest BCUT2D eigenvalue weighted by atomic mass is 10.3. The van der Waals surface area contributed by atoms with Crippen molar-refractivity contribution in [1.82, 2.24) is 19.3 Å². The Hall–Kier alpha value is -3.83. The molecule has 1 aromatic carbocycles. The number of hydrogen-bond acceptors (Lipinski definition) is 7. The van der Waals surface area contributed by atoms with Gasteiger partial charge in [-0.2, -0.15) is 13.9 Å². The molecule has 0 fully saturated rings. The SMILES string of the molecule is Cn1ncc2c(=O)n(CC(=O)OCC(=O)Nc3ccc(OC(F)F)cc3)cnc21. The number of nitrogens with one attached hydrogen (secondary N) is 1. The second kappa shape index (κ2) is 8.46. The topological polar surface area (TPSA) is 117 Å². The van der Waals surface area contributed by atoms with Gasteiger partial charge in [0, 0.05) is 12.7 Å². The highest BCUT2D eigenvalue weighted by molar-refractivity contribution is 5.92. The largest absolute Gasteiger partial charge is 0.454 e. The molecule has 3 aromatic rings. The first kappa shape index (κ1) is 19.9. The number of aryl methyl sites for hydroxylation is 1. The van der Waals surface area contributed by atoms with Crippen LogP contribution in [0.5, 0.6) is 5.75 Å². The maximum Gasteiger partial charge on any atom is 0.387 e. The van der Waals surface area contributed by atoms with E-state index in [4.69, 9.17) is 4.74 Å². The lowest BCUT2D eigenvalue weighted by molar-refractivity contribution is -0.147. The van der Waals surface area contributed by atoms with Gasteiger partial charge in [-0.05, 0) is 24.3 Å². The van der Waals surface area contributed by atoms with Gasteiger partial charge in [0.15, 0.2) is 12.3 Å². The summed E-state index contributed by atoms with van der Waals surface area (Å²) in [5.41, 5.74) is 0.217. The molecule has 1 N–H and O–H groups in total. The summed E-state index contributed by atoms with van der Waals surface area (Å²) in [5.74, 6) is -1.52. The molecule has 2 aromatic heterocycles. The van der Waals surface area contributed by atoms with Gasteiger partial charge in [0.1, 0.15) is 24.0 Å². The predicted octanol–water partition coefficient (Wildman–Crippen LogP) is 0.913. The standard InChI is InChI=1S/C17H15F2N5O5/c1-23-15-12(6-21-23)16(27)24(9-20-15)7-14(26)28-8-13(25)22-10-2-4-11(5-3-10)29-17(18)19/h2-6,9,17H,7-8H2,1H3,(H,22,25). The molecule has 0 aliphatic rings. The van der Waals surface area contributed by atoms with Crippen molar-refractivity contribution in [2.24, 2.45) is 7.05 Å². The molecule has 3 rings (SSSR count). The number of halogens is 2. The highest BCUT2D eigenvalue weighted by atomic mass is 19.3. The molecule has 10 nitrogen and oxygen atoms in total. The van der Waals surface area contributed by atoms with Gasteiger partial charge in [-0.15, -0.1) is 0 Å². The summed E-state index contributed by atoms with van der Waals surface area (Å²) >= 11 is 0. The van der Waals surface area contributed by atoms with Crippen LogP contribution < -0.4 is 15.6 Å². The fourth-order valence-electron chi connectivity index (χ4n) is 2.43. The van der Waals surface area contributed by atoms with Crippen LogP contribution in [0.3, 0.4) is 0 Å². The van der Waals surface area contributed by atoms with Gasteiger partial charge in [0.05, 0.1) is 6.20 Å². The van der Waals surface area contributed by atoms with Crippen LogP contribution in [0.2, 0.25) is 0 Å². The molecular weight excluding hydrogens is 392 g/mol. The number of fused-ring (bicyclic) bond motifs is 1. The van der Waals surface area contributed by atoms with Crippen LogP contribution in [-0.4, -0.2) is 44.4 Å². The minimum atomic E-state index is -2.95. The molecule has 29 heavy (non-hydrogen) atoms. The van der Waals surface area contributed by atoms with Crippen molar-refractivity contribution in [2.75, 3.05) is 11.9 Å². The Balaban J connectivity index is 1.52. The summed E-state index contributed by atoms with van der Waals surface area (Å²) in [4.78, 5) is 40.1. The Kier molecular flexibility index (Phi) is 5.81. The number of carbonyl (C=O) groups is 2. The van der Waals surface area contributed by atoms with Crippen LogP contribution in [0.1, 0.15) is 0 Å². The van der Waals surface area contributed by atoms with Crippen molar-refractivity contribution in [3.63, 3.8) is 0 Å². The molecule has 2 heterocycles. The third kappa shape index (κ3) is 4.91. The van der Waals surface area contributed by atoms with E-state index in [1.807, 2.05) is 0 Å². The minimum Gasteiger partial charge on any atom is -0.454 e. The number of alkyl halides is 2. The molecule has 0 saturated heterocycles. The summed E-state index contributed by atoms with van der Waals surface area (Å²) in [7, 11) is 1.63. The van der Waals surface area contributed by atoms with E-state index in [-0.39, 0.29) is 11.1 Å². The highest BCUT2D eigenvalue weighted by Crippen LogP contribution is 2.17. The summed E-state index contributed by atoms with van der Waals surface area (Å²) < 4.78 is 35.7. The molecule has 0 unspecified atom stereocenters. The predicted molar refractivity (Wildman–Crippen MR) is 95.4 cm³/mol. The van der Waals surface area contributed by atoms with E-state index >= 15 is 0 Å². The third-order valence-corrected chi connectivity index (χ3v) is 3.75. The zero-order valence-electron chi connectivity index (χ0n) is 15.0. The Morgan fingerprint density at radius 1 is 1.24 bits per heavy atom. The number of anilines is 1. The van der Waals surface area contributed by atoms with Gasteiger partial charge in [-0.25, -0.2) is 4.98 Å². The summed E-state index contributed by atoms with van der Waals surface area (Å²) in [5, 5.41) is 6.60. The molecule has 1 amide bonds. The Labute approximate surface area is 161 Å². The number of carbonyl (C=O) groups excluding carboxylic acids is 2. The zero-order valence-corrected chi connectivity index (χ0v) is 15.0. The van der Waals surface area contributed by atoms with Crippen molar-refractivity contribution >= 4 is 28.6 Å². The quantitative estimate of drug-likeness (QED) is 0.579. The van der Waals surface area contributed by atoms with Crippen LogP contribution in [0.25, 0.3) is 11.0 Å². The smallest absolute Gasteiger partial charge is 0.387 e. The summed E-state index contributed by atoms with van der Waals surface area (Å²) in [6, 6.07) is 5.21. The number of rotatable bonds is 7. The molecule has 0 aliphatic carbocycles. The van der Waals surface area contributed by atoms with E-state index in [1.54, 1.807) is 7.05 Å². The minimum absolute atomic E-state index is 0.0611. The summed E-state index contributed by atoms with van der Waals surface area (Å²) in [6.45, 7) is -3.97. The molecule has 0 radical (unpaired) electrons. The molecule has 12 heteroatoms. The maximum atomic E-state index is 12.3. The zero-order chi connectivity index (χ0) is 21.0. The summed E-state index contributed by atoms with van der Waals surface area (Å²) in [6.07, 6.45) is 2.54. The lowest BCUT2D eigenvalue weighted by Gasteiger charge is -2.09. The second-order valence-corrected chi connectivity index (χ2v) is 5.79. The number of nitrogens with zero attached hydrogens (tertiary/aromatic N) is 4. The monoisotopic (exact) mass is 407 g/mol. The molecule has 0 spiro atoms. The van der Waals surface area contributed by atoms with Crippen LogP contribution in [0.4, 0.5) is 14.5 Å². The van der Waals surface area contributed by atoms with E-state index in [1.165, 1.54) is 41.5 Å². The number of esters is 1. The Morgan fingerprint density at radius 3 is 2.66 bits per heavy atom. The van der Waals surface area contributed by atoms with Gasteiger partial charge in [0.2, 0.25) is 0 Å². The highest BCUT2D eigenvalue weighted by Gasteiger charge is 2.13. The van der Waals surface area contributed by atoms with Gasteiger partial charge >= 0.3 is 12.6 Å². The van der Waals surface area contributed by atoms with E-state index in [0.29, 0.717) is 11.3 Å². The molecule has 0 aliphatic heterocycles. The normalized spacial score (nSPS) is 10.9. The van der Waals surface area contributed by atoms with Crippen LogP contribution >= 0.6 is 0 Å². The Bertz CT molecular complexity index is 1090. The van der Waals surface area contributed by atoms with Gasteiger partial charge in [-0.1, -0.05) is 0 Å². The average Bonchev–Trinajstić information content (AvgIpc) is 3.05. The number of hydrogen-bond donors (Lipinski definition) is 1. The molecule has 0 saturated carbocycles. The first-order chi connectivity index (χ1) is 13.8. The van der Waals surface area contributed by atoms with E-state index in [9.17, 15) is 23.2 Å². The third-order valence-electron chi connectivity index (χ3n) is 3.75. The fraction of sp³-hybridized carbons (Fsp3) is 0.235. The second-order valence-electron chi connectivity index (χ2n) is 5.79. The van der Waals surface area contributed by atoms with Crippen molar-refractivity contribution in [2.45, 2.75) is 13.2 Å². The van der Waals surface area contributed by atoms with Crippen LogP contribution in [-0.2, 0) is 27.9 Å². The van der Waals surface area contributed by atoms with Crippen LogP contribution in [0, 0.1) is 0 Å². The number of amides is 1. The van der Waals surface area contributed by atoms with Crippen molar-refractivity contribution < 1.29 is 27.8 Å². The Morgan fingerprint density at radius 2 is 1.97 bits per heavy atom.